The highest BCUT2D eigenvalue weighted by Gasteiger charge is 2.02. The maximum atomic E-state index is 13.8. The number of aliphatic hydroxyl groups is 1. The zero-order valence-corrected chi connectivity index (χ0v) is 11.9. The predicted octanol–water partition coefficient (Wildman–Crippen LogP) is 3.45. The number of aryl methyl sites for hydroxylation is 1. The molecular weight excluding hydrogens is 267 g/mol. The first-order valence-corrected chi connectivity index (χ1v) is 6.76. The van der Waals surface area contributed by atoms with E-state index in [1.54, 1.807) is 12.1 Å². The summed E-state index contributed by atoms with van der Waals surface area (Å²) in [6, 6.07) is 12.6. The Morgan fingerprint density at radius 3 is 2.57 bits per heavy atom. The van der Waals surface area contributed by atoms with Crippen molar-refractivity contribution >= 4 is 0 Å². The minimum absolute atomic E-state index is 0.0215. The van der Waals surface area contributed by atoms with Gasteiger partial charge in [0.1, 0.15) is 18.2 Å². The summed E-state index contributed by atoms with van der Waals surface area (Å²) in [4.78, 5) is 0. The van der Waals surface area contributed by atoms with Crippen LogP contribution in [0.4, 0.5) is 4.39 Å². The van der Waals surface area contributed by atoms with Crippen LogP contribution in [0.5, 0.6) is 5.75 Å². The van der Waals surface area contributed by atoms with E-state index >= 15 is 0 Å². The van der Waals surface area contributed by atoms with E-state index in [9.17, 15) is 4.39 Å². The minimum atomic E-state index is -0.415. The summed E-state index contributed by atoms with van der Waals surface area (Å²) >= 11 is 0. The van der Waals surface area contributed by atoms with Gasteiger partial charge >= 0.3 is 0 Å². The van der Waals surface area contributed by atoms with Crippen molar-refractivity contribution < 1.29 is 14.2 Å². The van der Waals surface area contributed by atoms with Gasteiger partial charge in [-0.05, 0) is 24.6 Å². The maximum Gasteiger partial charge on any atom is 0.142 e. The number of hydrogen-bond donors (Lipinski definition) is 1. The summed E-state index contributed by atoms with van der Waals surface area (Å²) < 4.78 is 19.4. The molecular formula is C18H17FO2. The van der Waals surface area contributed by atoms with E-state index in [4.69, 9.17) is 9.84 Å². The van der Waals surface area contributed by atoms with Crippen molar-refractivity contribution in [1.29, 1.82) is 0 Å². The lowest BCUT2D eigenvalue weighted by atomic mass is 10.1. The zero-order chi connectivity index (χ0) is 15.1. The molecule has 0 radical (unpaired) electrons. The Balaban J connectivity index is 2.00. The second-order valence-electron chi connectivity index (χ2n) is 4.69. The zero-order valence-electron chi connectivity index (χ0n) is 11.9. The molecule has 108 valence electrons. The Morgan fingerprint density at radius 1 is 1.14 bits per heavy atom. The fraction of sp³-hybridized carbons (Fsp3) is 0.222. The number of rotatable bonds is 4. The fourth-order valence-electron chi connectivity index (χ4n) is 1.75. The third-order valence-electron chi connectivity index (χ3n) is 2.93. The van der Waals surface area contributed by atoms with Gasteiger partial charge in [-0.25, -0.2) is 4.39 Å². The van der Waals surface area contributed by atoms with Gasteiger partial charge < -0.3 is 9.84 Å². The molecule has 0 saturated carbocycles. The van der Waals surface area contributed by atoms with Gasteiger partial charge in [0.2, 0.25) is 0 Å². The van der Waals surface area contributed by atoms with Crippen LogP contribution in [0.25, 0.3) is 0 Å². The summed E-state index contributed by atoms with van der Waals surface area (Å²) in [6.45, 7) is 2.40. The topological polar surface area (TPSA) is 29.5 Å². The second kappa shape index (κ2) is 7.47. The lowest BCUT2D eigenvalue weighted by Gasteiger charge is -2.07. The summed E-state index contributed by atoms with van der Waals surface area (Å²) in [6.07, 6.45) is 0.338. The molecule has 0 aliphatic rings. The van der Waals surface area contributed by atoms with Crippen molar-refractivity contribution in [1.82, 2.24) is 0 Å². The lowest BCUT2D eigenvalue weighted by molar-refractivity contribution is 0.304. The molecule has 2 aromatic rings. The van der Waals surface area contributed by atoms with Crippen LogP contribution in [0, 0.1) is 24.6 Å². The van der Waals surface area contributed by atoms with Gasteiger partial charge in [-0.1, -0.05) is 41.7 Å². The van der Waals surface area contributed by atoms with E-state index in [0.29, 0.717) is 24.3 Å². The smallest absolute Gasteiger partial charge is 0.142 e. The molecule has 21 heavy (non-hydrogen) atoms. The number of benzene rings is 2. The van der Waals surface area contributed by atoms with E-state index in [-0.39, 0.29) is 6.61 Å². The Labute approximate surface area is 124 Å². The first-order chi connectivity index (χ1) is 10.2. The highest BCUT2D eigenvalue weighted by atomic mass is 19.1. The highest BCUT2D eigenvalue weighted by Crippen LogP contribution is 2.17. The van der Waals surface area contributed by atoms with Crippen LogP contribution in [-0.4, -0.2) is 11.7 Å². The predicted molar refractivity (Wildman–Crippen MR) is 80.5 cm³/mol. The molecule has 0 bridgehead atoms. The van der Waals surface area contributed by atoms with Gasteiger partial charge in [-0.3, -0.25) is 0 Å². The second-order valence-corrected chi connectivity index (χ2v) is 4.69. The molecule has 0 aliphatic heterocycles. The summed E-state index contributed by atoms with van der Waals surface area (Å²) in [5.41, 5.74) is 2.54. The van der Waals surface area contributed by atoms with E-state index in [0.717, 1.165) is 5.56 Å². The van der Waals surface area contributed by atoms with Crippen LogP contribution in [-0.2, 0) is 6.61 Å². The van der Waals surface area contributed by atoms with Crippen LogP contribution in [0.2, 0.25) is 0 Å². The number of aliphatic hydroxyl groups excluding tert-OH is 1. The average molecular weight is 284 g/mol. The van der Waals surface area contributed by atoms with Crippen LogP contribution in [0.3, 0.4) is 0 Å². The Morgan fingerprint density at radius 2 is 1.90 bits per heavy atom. The molecule has 0 fully saturated rings. The summed E-state index contributed by atoms with van der Waals surface area (Å²) in [5.74, 6) is 5.43. The van der Waals surface area contributed by atoms with Crippen LogP contribution in [0.15, 0.2) is 42.5 Å². The van der Waals surface area contributed by atoms with E-state index in [1.165, 1.54) is 11.6 Å². The molecule has 0 atom stereocenters. The summed E-state index contributed by atoms with van der Waals surface area (Å²) in [5, 5.41) is 8.64. The van der Waals surface area contributed by atoms with Crippen LogP contribution >= 0.6 is 0 Å². The SMILES string of the molecule is Cc1ccc(COc2ccc(C#CCCO)c(F)c2)cc1. The molecule has 2 nitrogen and oxygen atoms in total. The van der Waals surface area contributed by atoms with Crippen molar-refractivity contribution in [3.8, 4) is 17.6 Å². The average Bonchev–Trinajstić information content (AvgIpc) is 2.49. The van der Waals surface area contributed by atoms with Gasteiger partial charge in [-0.2, -0.15) is 0 Å². The maximum absolute atomic E-state index is 13.8. The monoisotopic (exact) mass is 284 g/mol. The van der Waals surface area contributed by atoms with Gasteiger partial charge in [0, 0.05) is 12.5 Å². The van der Waals surface area contributed by atoms with Crippen molar-refractivity contribution in [2.45, 2.75) is 20.0 Å². The molecule has 3 heteroatoms. The minimum Gasteiger partial charge on any atom is -0.489 e. The molecule has 0 unspecified atom stereocenters. The van der Waals surface area contributed by atoms with Crippen LogP contribution < -0.4 is 4.74 Å². The third kappa shape index (κ3) is 4.62. The molecule has 0 saturated heterocycles. The quantitative estimate of drug-likeness (QED) is 0.871. The van der Waals surface area contributed by atoms with E-state index in [1.807, 2.05) is 31.2 Å². The summed E-state index contributed by atoms with van der Waals surface area (Å²) in [7, 11) is 0. The molecule has 2 aromatic carbocycles. The van der Waals surface area contributed by atoms with Crippen molar-refractivity contribution in [2.24, 2.45) is 0 Å². The molecule has 0 amide bonds. The molecule has 2 rings (SSSR count). The van der Waals surface area contributed by atoms with Crippen molar-refractivity contribution in [2.75, 3.05) is 6.61 Å². The van der Waals surface area contributed by atoms with E-state index < -0.39 is 5.82 Å². The van der Waals surface area contributed by atoms with Gasteiger partial charge in [-0.15, -0.1) is 0 Å². The van der Waals surface area contributed by atoms with Gasteiger partial charge in [0.15, 0.2) is 0 Å². The molecule has 0 aliphatic carbocycles. The first kappa shape index (κ1) is 15.1. The molecule has 1 N–H and O–H groups in total. The lowest BCUT2D eigenvalue weighted by Crippen LogP contribution is -1.96. The molecule has 0 spiro atoms. The molecule has 0 aromatic heterocycles. The number of hydrogen-bond acceptors (Lipinski definition) is 2. The van der Waals surface area contributed by atoms with Crippen LogP contribution in [0.1, 0.15) is 23.1 Å². The van der Waals surface area contributed by atoms with Crippen molar-refractivity contribution in [3.63, 3.8) is 0 Å². The Hall–Kier alpha value is -2.31. The third-order valence-corrected chi connectivity index (χ3v) is 2.93. The van der Waals surface area contributed by atoms with Crippen molar-refractivity contribution in [3.05, 3.63) is 65.0 Å². The normalized spacial score (nSPS) is 9.86. The largest absolute Gasteiger partial charge is 0.489 e. The van der Waals surface area contributed by atoms with Gasteiger partial charge in [0.05, 0.1) is 12.2 Å². The molecule has 0 heterocycles. The first-order valence-electron chi connectivity index (χ1n) is 6.76. The van der Waals surface area contributed by atoms with E-state index in [2.05, 4.69) is 11.8 Å². The van der Waals surface area contributed by atoms with Gasteiger partial charge in [0.25, 0.3) is 0 Å². The number of ether oxygens (including phenoxy) is 1. The Bertz CT molecular complexity index is 651. The highest BCUT2D eigenvalue weighted by molar-refractivity contribution is 5.39. The fourth-order valence-corrected chi connectivity index (χ4v) is 1.75. The Kier molecular flexibility index (Phi) is 5.36. The number of halogens is 1. The standard InChI is InChI=1S/C18H17FO2/c1-14-5-7-15(8-6-14)13-21-17-10-9-16(18(19)12-17)4-2-3-11-20/h5-10,12,20H,3,11,13H2,1H3.